The number of aromatic nitrogens is 2. The molecule has 3 nitrogen and oxygen atoms in total. The van der Waals surface area contributed by atoms with Gasteiger partial charge in [-0.3, -0.25) is 4.68 Å². The Bertz CT molecular complexity index is 503. The van der Waals surface area contributed by atoms with Gasteiger partial charge in [0.1, 0.15) is 11.6 Å². The molecule has 4 heteroatoms. The van der Waals surface area contributed by atoms with Crippen LogP contribution in [0, 0.1) is 12.7 Å². The van der Waals surface area contributed by atoms with E-state index in [0.29, 0.717) is 22.5 Å². The van der Waals surface area contributed by atoms with Gasteiger partial charge in [0.25, 0.3) is 0 Å². The zero-order chi connectivity index (χ0) is 11.0. The summed E-state index contributed by atoms with van der Waals surface area (Å²) in [7, 11) is 1.73. The maximum absolute atomic E-state index is 13.8. The Kier molecular flexibility index (Phi) is 2.19. The van der Waals surface area contributed by atoms with Gasteiger partial charge in [0, 0.05) is 18.2 Å². The van der Waals surface area contributed by atoms with Crippen molar-refractivity contribution in [2.75, 3.05) is 5.73 Å². The summed E-state index contributed by atoms with van der Waals surface area (Å²) < 4.78 is 15.3. The molecule has 0 aliphatic carbocycles. The molecule has 1 aromatic heterocycles. The smallest absolute Gasteiger partial charge is 0.134 e. The largest absolute Gasteiger partial charge is 0.383 e. The number of hydrogen-bond acceptors (Lipinski definition) is 2. The lowest BCUT2D eigenvalue weighted by Gasteiger charge is -2.04. The number of benzene rings is 1. The minimum absolute atomic E-state index is 0.239. The molecule has 78 valence electrons. The molecule has 2 aromatic rings. The summed E-state index contributed by atoms with van der Waals surface area (Å²) in [5.74, 6) is 0.233. The Morgan fingerprint density at radius 2 is 2.07 bits per heavy atom. The lowest BCUT2D eigenvalue weighted by molar-refractivity contribution is 0.622. The van der Waals surface area contributed by atoms with Gasteiger partial charge in [-0.2, -0.15) is 5.10 Å². The van der Waals surface area contributed by atoms with Crippen molar-refractivity contribution in [3.8, 4) is 11.1 Å². The highest BCUT2D eigenvalue weighted by Gasteiger charge is 2.12. The van der Waals surface area contributed by atoms with Crippen LogP contribution in [-0.2, 0) is 7.05 Å². The fourth-order valence-electron chi connectivity index (χ4n) is 1.51. The molecule has 0 amide bonds. The first-order valence-corrected chi connectivity index (χ1v) is 4.64. The van der Waals surface area contributed by atoms with Crippen molar-refractivity contribution in [1.29, 1.82) is 0 Å². The van der Waals surface area contributed by atoms with E-state index in [-0.39, 0.29) is 5.82 Å². The molecular weight excluding hydrogens is 193 g/mol. The second kappa shape index (κ2) is 3.38. The highest BCUT2D eigenvalue weighted by molar-refractivity contribution is 5.74. The minimum Gasteiger partial charge on any atom is -0.383 e. The summed E-state index contributed by atoms with van der Waals surface area (Å²) >= 11 is 0. The van der Waals surface area contributed by atoms with E-state index in [1.54, 1.807) is 38.4 Å². The molecule has 0 aliphatic heterocycles. The van der Waals surface area contributed by atoms with Crippen LogP contribution in [0.2, 0.25) is 0 Å². The van der Waals surface area contributed by atoms with Gasteiger partial charge < -0.3 is 5.73 Å². The van der Waals surface area contributed by atoms with Crippen molar-refractivity contribution >= 4 is 5.82 Å². The van der Waals surface area contributed by atoms with E-state index in [1.165, 1.54) is 4.68 Å². The normalized spacial score (nSPS) is 10.6. The van der Waals surface area contributed by atoms with E-state index in [9.17, 15) is 4.39 Å². The predicted molar refractivity (Wildman–Crippen MR) is 57.8 cm³/mol. The highest BCUT2D eigenvalue weighted by atomic mass is 19.1. The molecule has 0 atom stereocenters. The Hall–Kier alpha value is -1.84. The predicted octanol–water partition coefficient (Wildman–Crippen LogP) is 2.12. The second-order valence-corrected chi connectivity index (χ2v) is 3.50. The Morgan fingerprint density at radius 1 is 1.33 bits per heavy atom. The number of aryl methyl sites for hydroxylation is 2. The number of hydrogen-bond donors (Lipinski definition) is 1. The standard InChI is InChI=1S/C11H12FN3/c1-7-4-3-5-8(10(7)12)9-6-14-15(2)11(9)13/h3-6H,13H2,1-2H3. The van der Waals surface area contributed by atoms with Crippen LogP contribution >= 0.6 is 0 Å². The first kappa shape index (κ1) is 9.71. The van der Waals surface area contributed by atoms with E-state index in [4.69, 9.17) is 5.73 Å². The third kappa shape index (κ3) is 1.48. The molecule has 0 saturated carbocycles. The molecule has 0 radical (unpaired) electrons. The summed E-state index contributed by atoms with van der Waals surface area (Å²) in [6.45, 7) is 1.73. The summed E-state index contributed by atoms with van der Waals surface area (Å²) in [5, 5.41) is 3.99. The molecule has 1 aromatic carbocycles. The molecule has 15 heavy (non-hydrogen) atoms. The zero-order valence-electron chi connectivity index (χ0n) is 8.66. The van der Waals surface area contributed by atoms with Crippen LogP contribution in [-0.4, -0.2) is 9.78 Å². The van der Waals surface area contributed by atoms with Gasteiger partial charge in [0.05, 0.1) is 6.20 Å². The summed E-state index contributed by atoms with van der Waals surface area (Å²) in [5.41, 5.74) is 7.53. The maximum atomic E-state index is 13.8. The van der Waals surface area contributed by atoms with Crippen molar-refractivity contribution in [3.05, 3.63) is 35.8 Å². The minimum atomic E-state index is -0.239. The zero-order valence-corrected chi connectivity index (χ0v) is 8.66. The number of rotatable bonds is 1. The maximum Gasteiger partial charge on any atom is 0.134 e. The van der Waals surface area contributed by atoms with E-state index < -0.39 is 0 Å². The number of nitrogen functional groups attached to an aromatic ring is 1. The Balaban J connectivity index is 2.64. The quantitative estimate of drug-likeness (QED) is 0.774. The third-order valence-corrected chi connectivity index (χ3v) is 2.47. The summed E-state index contributed by atoms with van der Waals surface area (Å²) in [4.78, 5) is 0. The second-order valence-electron chi connectivity index (χ2n) is 3.50. The molecule has 0 fully saturated rings. The van der Waals surface area contributed by atoms with Crippen molar-refractivity contribution < 1.29 is 4.39 Å². The molecule has 1 heterocycles. The topological polar surface area (TPSA) is 43.8 Å². The van der Waals surface area contributed by atoms with E-state index in [1.807, 2.05) is 0 Å². The van der Waals surface area contributed by atoms with Crippen LogP contribution in [0.15, 0.2) is 24.4 Å². The molecule has 2 N–H and O–H groups in total. The van der Waals surface area contributed by atoms with Gasteiger partial charge in [-0.25, -0.2) is 4.39 Å². The van der Waals surface area contributed by atoms with E-state index in [2.05, 4.69) is 5.10 Å². The van der Waals surface area contributed by atoms with Gasteiger partial charge in [-0.05, 0) is 12.5 Å². The molecule has 0 aliphatic rings. The van der Waals surface area contributed by atoms with Crippen molar-refractivity contribution in [3.63, 3.8) is 0 Å². The lowest BCUT2D eigenvalue weighted by atomic mass is 10.1. The first-order valence-electron chi connectivity index (χ1n) is 4.64. The number of nitrogens with zero attached hydrogens (tertiary/aromatic N) is 2. The van der Waals surface area contributed by atoms with Crippen LogP contribution in [0.4, 0.5) is 10.2 Å². The van der Waals surface area contributed by atoms with Crippen LogP contribution in [0.3, 0.4) is 0 Å². The van der Waals surface area contributed by atoms with Crippen molar-refractivity contribution in [2.45, 2.75) is 6.92 Å². The van der Waals surface area contributed by atoms with Gasteiger partial charge >= 0.3 is 0 Å². The average Bonchev–Trinajstić information content (AvgIpc) is 2.53. The van der Waals surface area contributed by atoms with Crippen molar-refractivity contribution in [1.82, 2.24) is 9.78 Å². The summed E-state index contributed by atoms with van der Waals surface area (Å²) in [6.07, 6.45) is 1.58. The van der Waals surface area contributed by atoms with Gasteiger partial charge in [0.15, 0.2) is 0 Å². The first-order chi connectivity index (χ1) is 7.11. The molecule has 0 bridgehead atoms. The molecular formula is C11H12FN3. The van der Waals surface area contributed by atoms with Gasteiger partial charge in [-0.15, -0.1) is 0 Å². The van der Waals surface area contributed by atoms with E-state index >= 15 is 0 Å². The monoisotopic (exact) mass is 205 g/mol. The molecule has 0 unspecified atom stereocenters. The third-order valence-electron chi connectivity index (χ3n) is 2.47. The van der Waals surface area contributed by atoms with Crippen LogP contribution in [0.25, 0.3) is 11.1 Å². The molecule has 2 rings (SSSR count). The number of nitrogens with two attached hydrogens (primary N) is 1. The van der Waals surface area contributed by atoms with Crippen molar-refractivity contribution in [2.24, 2.45) is 7.05 Å². The highest BCUT2D eigenvalue weighted by Crippen LogP contribution is 2.28. The molecule has 0 spiro atoms. The van der Waals surface area contributed by atoms with Crippen LogP contribution in [0.1, 0.15) is 5.56 Å². The Labute approximate surface area is 87.3 Å². The van der Waals surface area contributed by atoms with Crippen LogP contribution < -0.4 is 5.73 Å². The van der Waals surface area contributed by atoms with Gasteiger partial charge in [-0.1, -0.05) is 18.2 Å². The Morgan fingerprint density at radius 3 is 2.67 bits per heavy atom. The summed E-state index contributed by atoms with van der Waals surface area (Å²) in [6, 6.07) is 5.24. The SMILES string of the molecule is Cc1cccc(-c2cnn(C)c2N)c1F. The average molecular weight is 205 g/mol. The fraction of sp³-hybridized carbons (Fsp3) is 0.182. The van der Waals surface area contributed by atoms with Crippen LogP contribution in [0.5, 0.6) is 0 Å². The van der Waals surface area contributed by atoms with E-state index in [0.717, 1.165) is 0 Å². The lowest BCUT2D eigenvalue weighted by Crippen LogP contribution is -1.98. The van der Waals surface area contributed by atoms with Gasteiger partial charge in [0.2, 0.25) is 0 Å². The number of anilines is 1. The number of halogens is 1. The molecule has 0 saturated heterocycles. The fourth-order valence-corrected chi connectivity index (χ4v) is 1.51.